The van der Waals surface area contributed by atoms with Gasteiger partial charge in [0.1, 0.15) is 5.75 Å². The van der Waals surface area contributed by atoms with Crippen LogP contribution in [0.5, 0.6) is 5.75 Å². The lowest BCUT2D eigenvalue weighted by atomic mass is 9.99. The van der Waals surface area contributed by atoms with Gasteiger partial charge >= 0.3 is 0 Å². The van der Waals surface area contributed by atoms with Gasteiger partial charge in [-0.1, -0.05) is 0 Å². The fraction of sp³-hybridized carbons (Fsp3) is 0.417. The van der Waals surface area contributed by atoms with Crippen LogP contribution in [0.1, 0.15) is 15.9 Å². The van der Waals surface area contributed by atoms with E-state index in [4.69, 9.17) is 5.11 Å². The summed E-state index contributed by atoms with van der Waals surface area (Å²) < 4.78 is 0. The van der Waals surface area contributed by atoms with Gasteiger partial charge in [0.15, 0.2) is 0 Å². The largest absolute Gasteiger partial charge is 0.508 e. The third kappa shape index (κ3) is 1.88. The first-order valence-electron chi connectivity index (χ1n) is 5.31. The molecule has 1 saturated heterocycles. The molecule has 4 nitrogen and oxygen atoms in total. The molecule has 0 aliphatic carbocycles. The molecule has 1 aliphatic heterocycles. The zero-order valence-corrected chi connectivity index (χ0v) is 9.18. The van der Waals surface area contributed by atoms with Crippen molar-refractivity contribution in [1.82, 2.24) is 4.90 Å². The molecule has 1 fully saturated rings. The lowest BCUT2D eigenvalue weighted by Gasteiger charge is -2.38. The van der Waals surface area contributed by atoms with Crippen LogP contribution in [0.25, 0.3) is 0 Å². The Kier molecular flexibility index (Phi) is 2.83. The number of aromatic hydroxyl groups is 1. The molecule has 0 radical (unpaired) electrons. The maximum Gasteiger partial charge on any atom is 0.253 e. The van der Waals surface area contributed by atoms with Gasteiger partial charge < -0.3 is 15.1 Å². The van der Waals surface area contributed by atoms with Crippen LogP contribution in [-0.2, 0) is 0 Å². The Bertz CT molecular complexity index is 411. The lowest BCUT2D eigenvalue weighted by molar-refractivity contribution is 0.0362. The molecule has 4 heteroatoms. The van der Waals surface area contributed by atoms with E-state index in [1.165, 1.54) is 6.07 Å². The zero-order valence-electron chi connectivity index (χ0n) is 9.18. The number of carbonyl (C=O) groups is 1. The fourth-order valence-electron chi connectivity index (χ4n) is 1.82. The number of aryl methyl sites for hydroxylation is 1. The van der Waals surface area contributed by atoms with Crippen LogP contribution in [0.2, 0.25) is 0 Å². The summed E-state index contributed by atoms with van der Waals surface area (Å²) in [5.74, 6) is 0.392. The van der Waals surface area contributed by atoms with Gasteiger partial charge in [-0.15, -0.1) is 0 Å². The van der Waals surface area contributed by atoms with E-state index in [2.05, 4.69) is 0 Å². The summed E-state index contributed by atoms with van der Waals surface area (Å²) in [6.07, 6.45) is 0. The van der Waals surface area contributed by atoms with Crippen molar-refractivity contribution in [3.63, 3.8) is 0 Å². The highest BCUT2D eigenvalue weighted by Crippen LogP contribution is 2.21. The second kappa shape index (κ2) is 4.14. The average molecular weight is 221 g/mol. The highest BCUT2D eigenvalue weighted by molar-refractivity contribution is 5.95. The van der Waals surface area contributed by atoms with E-state index >= 15 is 0 Å². The second-order valence-electron chi connectivity index (χ2n) is 4.26. The van der Waals surface area contributed by atoms with Crippen molar-refractivity contribution in [2.45, 2.75) is 6.92 Å². The van der Waals surface area contributed by atoms with E-state index in [-0.39, 0.29) is 24.2 Å². The Hall–Kier alpha value is -1.55. The minimum Gasteiger partial charge on any atom is -0.508 e. The molecular formula is C12H15NO3. The molecule has 1 heterocycles. The molecule has 1 aromatic carbocycles. The molecule has 0 spiro atoms. The van der Waals surface area contributed by atoms with Gasteiger partial charge in [0, 0.05) is 31.2 Å². The summed E-state index contributed by atoms with van der Waals surface area (Å²) in [5.41, 5.74) is 1.29. The van der Waals surface area contributed by atoms with Crippen molar-refractivity contribution < 1.29 is 15.0 Å². The number of phenols is 1. The van der Waals surface area contributed by atoms with Gasteiger partial charge in [0.25, 0.3) is 5.91 Å². The van der Waals surface area contributed by atoms with E-state index in [1.54, 1.807) is 24.0 Å². The van der Waals surface area contributed by atoms with E-state index in [0.717, 1.165) is 0 Å². The molecule has 1 aliphatic rings. The Balaban J connectivity index is 2.07. The number of amides is 1. The number of aliphatic hydroxyl groups excluding tert-OH is 1. The molecule has 0 bridgehead atoms. The molecule has 2 rings (SSSR count). The normalized spacial score (nSPS) is 16.0. The zero-order chi connectivity index (χ0) is 11.7. The first-order valence-corrected chi connectivity index (χ1v) is 5.31. The number of likely N-dealkylation sites (tertiary alicyclic amines) is 1. The summed E-state index contributed by atoms with van der Waals surface area (Å²) in [4.78, 5) is 13.6. The Morgan fingerprint density at radius 3 is 2.75 bits per heavy atom. The number of aliphatic hydroxyl groups is 1. The number of carbonyl (C=O) groups excluding carboxylic acids is 1. The molecule has 0 unspecified atom stereocenters. The third-order valence-electron chi connectivity index (χ3n) is 2.95. The first-order chi connectivity index (χ1) is 7.61. The molecule has 1 aromatic rings. The van der Waals surface area contributed by atoms with Crippen molar-refractivity contribution >= 4 is 5.91 Å². The molecule has 0 atom stereocenters. The monoisotopic (exact) mass is 221 g/mol. The van der Waals surface area contributed by atoms with Crippen molar-refractivity contribution in [2.75, 3.05) is 19.7 Å². The average Bonchev–Trinajstić information content (AvgIpc) is 2.20. The van der Waals surface area contributed by atoms with Gasteiger partial charge in [-0.3, -0.25) is 4.79 Å². The van der Waals surface area contributed by atoms with Crippen LogP contribution in [0.15, 0.2) is 18.2 Å². The number of nitrogens with zero attached hydrogens (tertiary/aromatic N) is 1. The Labute approximate surface area is 94.1 Å². The summed E-state index contributed by atoms with van der Waals surface area (Å²) in [6, 6.07) is 4.84. The predicted molar refractivity (Wildman–Crippen MR) is 59.3 cm³/mol. The SMILES string of the molecule is Cc1cc(C(=O)N2CC(CO)C2)ccc1O. The summed E-state index contributed by atoms with van der Waals surface area (Å²) in [5, 5.41) is 18.2. The topological polar surface area (TPSA) is 60.8 Å². The van der Waals surface area contributed by atoms with Crippen molar-refractivity contribution in [2.24, 2.45) is 5.92 Å². The summed E-state index contributed by atoms with van der Waals surface area (Å²) in [7, 11) is 0. The third-order valence-corrected chi connectivity index (χ3v) is 2.95. The van der Waals surface area contributed by atoms with Crippen LogP contribution in [0.4, 0.5) is 0 Å². The smallest absolute Gasteiger partial charge is 0.253 e. The second-order valence-corrected chi connectivity index (χ2v) is 4.26. The lowest BCUT2D eigenvalue weighted by Crippen LogP contribution is -2.51. The first kappa shape index (κ1) is 11.0. The maximum atomic E-state index is 11.9. The van der Waals surface area contributed by atoms with Gasteiger partial charge in [0.05, 0.1) is 0 Å². The standard InChI is InChI=1S/C12H15NO3/c1-8-4-10(2-3-11(8)15)12(16)13-5-9(6-13)7-14/h2-4,9,14-15H,5-7H2,1H3. The molecule has 0 saturated carbocycles. The van der Waals surface area contributed by atoms with Crippen LogP contribution < -0.4 is 0 Å². The molecule has 16 heavy (non-hydrogen) atoms. The van der Waals surface area contributed by atoms with Gasteiger partial charge in [-0.05, 0) is 30.7 Å². The van der Waals surface area contributed by atoms with E-state index in [0.29, 0.717) is 24.2 Å². The fourth-order valence-corrected chi connectivity index (χ4v) is 1.82. The molecular weight excluding hydrogens is 206 g/mol. The maximum absolute atomic E-state index is 11.9. The van der Waals surface area contributed by atoms with E-state index in [9.17, 15) is 9.90 Å². The quantitative estimate of drug-likeness (QED) is 0.775. The Morgan fingerprint density at radius 1 is 1.50 bits per heavy atom. The minimum atomic E-state index is -0.0344. The van der Waals surface area contributed by atoms with Crippen LogP contribution >= 0.6 is 0 Å². The Morgan fingerprint density at radius 2 is 2.19 bits per heavy atom. The summed E-state index contributed by atoms with van der Waals surface area (Å²) >= 11 is 0. The van der Waals surface area contributed by atoms with Crippen molar-refractivity contribution in [1.29, 1.82) is 0 Å². The predicted octanol–water partition coefficient (Wildman–Crippen LogP) is 0.765. The van der Waals surface area contributed by atoms with E-state index < -0.39 is 0 Å². The van der Waals surface area contributed by atoms with Gasteiger partial charge in [-0.25, -0.2) is 0 Å². The number of hydrogen-bond donors (Lipinski definition) is 2. The summed E-state index contributed by atoms with van der Waals surface area (Å²) in [6.45, 7) is 3.14. The number of phenolic OH excluding ortho intramolecular Hbond substituents is 1. The molecule has 2 N–H and O–H groups in total. The molecule has 86 valence electrons. The van der Waals surface area contributed by atoms with Crippen molar-refractivity contribution in [3.05, 3.63) is 29.3 Å². The van der Waals surface area contributed by atoms with Crippen LogP contribution in [0.3, 0.4) is 0 Å². The molecule has 1 amide bonds. The highest BCUT2D eigenvalue weighted by atomic mass is 16.3. The van der Waals surface area contributed by atoms with Crippen LogP contribution in [0, 0.1) is 12.8 Å². The number of rotatable bonds is 2. The van der Waals surface area contributed by atoms with E-state index in [1.807, 2.05) is 0 Å². The van der Waals surface area contributed by atoms with Crippen LogP contribution in [-0.4, -0.2) is 40.7 Å². The number of benzene rings is 1. The molecule has 0 aromatic heterocycles. The number of hydrogen-bond acceptors (Lipinski definition) is 3. The minimum absolute atomic E-state index is 0.0344. The van der Waals surface area contributed by atoms with Crippen molar-refractivity contribution in [3.8, 4) is 5.75 Å². The van der Waals surface area contributed by atoms with Gasteiger partial charge in [0.2, 0.25) is 0 Å². The highest BCUT2D eigenvalue weighted by Gasteiger charge is 2.30. The van der Waals surface area contributed by atoms with Gasteiger partial charge in [-0.2, -0.15) is 0 Å².